The summed E-state index contributed by atoms with van der Waals surface area (Å²) in [7, 11) is 0. The Bertz CT molecular complexity index is 439. The third kappa shape index (κ3) is 4.50. The Balaban J connectivity index is 2.75. The molecule has 1 amide bonds. The zero-order valence-corrected chi connectivity index (χ0v) is 15.4. The summed E-state index contributed by atoms with van der Waals surface area (Å²) in [6, 6.07) is 5.58. The Kier molecular flexibility index (Phi) is 6.91. The SMILES string of the molecule is CCC(CC)(CNC(=O)c1ccc(Br)cc1Br)SC. The molecule has 0 heterocycles. The molecule has 0 unspecified atom stereocenters. The summed E-state index contributed by atoms with van der Waals surface area (Å²) in [4.78, 5) is 12.2. The van der Waals surface area contributed by atoms with Crippen molar-refractivity contribution >= 4 is 49.5 Å². The van der Waals surface area contributed by atoms with Gasteiger partial charge < -0.3 is 5.32 Å². The average molecular weight is 409 g/mol. The van der Waals surface area contributed by atoms with Gasteiger partial charge in [0.1, 0.15) is 0 Å². The molecule has 2 nitrogen and oxygen atoms in total. The van der Waals surface area contributed by atoms with Gasteiger partial charge >= 0.3 is 0 Å². The minimum absolute atomic E-state index is 0.0281. The van der Waals surface area contributed by atoms with E-state index in [0.29, 0.717) is 12.1 Å². The van der Waals surface area contributed by atoms with Crippen LogP contribution in [0, 0.1) is 0 Å². The molecule has 0 fully saturated rings. The fraction of sp³-hybridized carbons (Fsp3) is 0.500. The van der Waals surface area contributed by atoms with E-state index < -0.39 is 0 Å². The minimum atomic E-state index is -0.0281. The smallest absolute Gasteiger partial charge is 0.252 e. The molecule has 0 aliphatic carbocycles. The van der Waals surface area contributed by atoms with Crippen molar-refractivity contribution in [3.8, 4) is 0 Å². The summed E-state index contributed by atoms with van der Waals surface area (Å²) in [5.41, 5.74) is 0.672. The molecule has 1 rings (SSSR count). The zero-order chi connectivity index (χ0) is 14.5. The van der Waals surface area contributed by atoms with Crippen molar-refractivity contribution in [1.29, 1.82) is 0 Å². The number of thioether (sulfide) groups is 1. The molecule has 0 aliphatic heterocycles. The average Bonchev–Trinajstić information content (AvgIpc) is 2.40. The second-order valence-electron chi connectivity index (χ2n) is 4.40. The third-order valence-electron chi connectivity index (χ3n) is 3.47. The first-order chi connectivity index (χ1) is 8.98. The second-order valence-corrected chi connectivity index (χ2v) is 7.45. The van der Waals surface area contributed by atoms with Crippen LogP contribution < -0.4 is 5.32 Å². The third-order valence-corrected chi connectivity index (χ3v) is 6.21. The van der Waals surface area contributed by atoms with Gasteiger partial charge in [-0.1, -0.05) is 29.8 Å². The van der Waals surface area contributed by atoms with Crippen molar-refractivity contribution in [2.24, 2.45) is 0 Å². The van der Waals surface area contributed by atoms with Crippen molar-refractivity contribution in [3.63, 3.8) is 0 Å². The quantitative estimate of drug-likeness (QED) is 0.727. The highest BCUT2D eigenvalue weighted by Crippen LogP contribution is 2.30. The van der Waals surface area contributed by atoms with Gasteiger partial charge in [-0.15, -0.1) is 0 Å². The van der Waals surface area contributed by atoms with Crippen molar-refractivity contribution in [2.75, 3.05) is 12.8 Å². The summed E-state index contributed by atoms with van der Waals surface area (Å²) in [5.74, 6) is -0.0281. The molecule has 1 N–H and O–H groups in total. The molecule has 0 saturated carbocycles. The number of hydrogen-bond acceptors (Lipinski definition) is 2. The Labute approximate surface area is 136 Å². The van der Waals surface area contributed by atoms with E-state index in [4.69, 9.17) is 0 Å². The van der Waals surface area contributed by atoms with Gasteiger partial charge in [0.15, 0.2) is 0 Å². The summed E-state index contributed by atoms with van der Waals surface area (Å²) in [6.45, 7) is 5.03. The van der Waals surface area contributed by atoms with Crippen molar-refractivity contribution in [1.82, 2.24) is 5.32 Å². The predicted molar refractivity (Wildman–Crippen MR) is 91.0 cm³/mol. The maximum absolute atomic E-state index is 12.2. The molecule has 0 bridgehead atoms. The molecule has 0 aromatic heterocycles. The number of hydrogen-bond donors (Lipinski definition) is 1. The van der Waals surface area contributed by atoms with Gasteiger partial charge in [0, 0.05) is 20.2 Å². The van der Waals surface area contributed by atoms with Crippen LogP contribution in [0.2, 0.25) is 0 Å². The van der Waals surface area contributed by atoms with E-state index in [1.807, 2.05) is 30.0 Å². The summed E-state index contributed by atoms with van der Waals surface area (Å²) >= 11 is 8.64. The van der Waals surface area contributed by atoms with Gasteiger partial charge in [-0.2, -0.15) is 11.8 Å². The van der Waals surface area contributed by atoms with Gasteiger partial charge in [0.2, 0.25) is 0 Å². The Morgan fingerprint density at radius 2 is 1.95 bits per heavy atom. The molecular formula is C14H19Br2NOS. The molecule has 106 valence electrons. The molecule has 0 spiro atoms. The molecule has 19 heavy (non-hydrogen) atoms. The fourth-order valence-electron chi connectivity index (χ4n) is 1.87. The van der Waals surface area contributed by atoms with E-state index >= 15 is 0 Å². The summed E-state index contributed by atoms with van der Waals surface area (Å²) in [6.07, 6.45) is 4.20. The maximum Gasteiger partial charge on any atom is 0.252 e. The first kappa shape index (κ1) is 17.1. The lowest BCUT2D eigenvalue weighted by Crippen LogP contribution is -2.39. The van der Waals surface area contributed by atoms with Crippen LogP contribution in [0.15, 0.2) is 27.1 Å². The van der Waals surface area contributed by atoms with Crippen LogP contribution >= 0.6 is 43.6 Å². The van der Waals surface area contributed by atoms with Gasteiger partial charge in [-0.05, 0) is 53.2 Å². The van der Waals surface area contributed by atoms with Crippen LogP contribution in [-0.2, 0) is 0 Å². The Morgan fingerprint density at radius 1 is 1.32 bits per heavy atom. The number of benzene rings is 1. The van der Waals surface area contributed by atoms with Crippen LogP contribution in [0.4, 0.5) is 0 Å². The molecule has 5 heteroatoms. The van der Waals surface area contributed by atoms with Crippen LogP contribution in [0.25, 0.3) is 0 Å². The number of halogens is 2. The maximum atomic E-state index is 12.2. The fourth-order valence-corrected chi connectivity index (χ4v) is 3.89. The van der Waals surface area contributed by atoms with E-state index in [2.05, 4.69) is 57.3 Å². The van der Waals surface area contributed by atoms with E-state index in [-0.39, 0.29) is 10.7 Å². The van der Waals surface area contributed by atoms with Crippen molar-refractivity contribution in [2.45, 2.75) is 31.4 Å². The van der Waals surface area contributed by atoms with E-state index in [0.717, 1.165) is 21.8 Å². The van der Waals surface area contributed by atoms with Gasteiger partial charge in [-0.3, -0.25) is 4.79 Å². The lowest BCUT2D eigenvalue weighted by Gasteiger charge is -2.29. The topological polar surface area (TPSA) is 29.1 Å². The lowest BCUT2D eigenvalue weighted by molar-refractivity contribution is 0.0948. The Morgan fingerprint density at radius 3 is 2.42 bits per heavy atom. The van der Waals surface area contributed by atoms with Crippen LogP contribution in [-0.4, -0.2) is 23.5 Å². The summed E-state index contributed by atoms with van der Waals surface area (Å²) in [5, 5.41) is 3.05. The number of amides is 1. The van der Waals surface area contributed by atoms with Crippen molar-refractivity contribution < 1.29 is 4.79 Å². The van der Waals surface area contributed by atoms with Gasteiger partial charge in [0.05, 0.1) is 5.56 Å². The monoisotopic (exact) mass is 407 g/mol. The molecular weight excluding hydrogens is 390 g/mol. The predicted octanol–water partition coefficient (Wildman–Crippen LogP) is 4.86. The normalized spacial score (nSPS) is 11.4. The second kappa shape index (κ2) is 7.70. The largest absolute Gasteiger partial charge is 0.351 e. The lowest BCUT2D eigenvalue weighted by atomic mass is 10.0. The zero-order valence-electron chi connectivity index (χ0n) is 11.4. The molecule has 1 aromatic carbocycles. The van der Waals surface area contributed by atoms with E-state index in [1.165, 1.54) is 0 Å². The standard InChI is InChI=1S/C14H19Br2NOS/c1-4-14(5-2,19-3)9-17-13(18)11-7-6-10(15)8-12(11)16/h6-8H,4-5,9H2,1-3H3,(H,17,18). The molecule has 0 atom stereocenters. The number of rotatable bonds is 6. The molecule has 0 radical (unpaired) electrons. The number of nitrogens with one attached hydrogen (secondary N) is 1. The van der Waals surface area contributed by atoms with Crippen LogP contribution in [0.3, 0.4) is 0 Å². The minimum Gasteiger partial charge on any atom is -0.351 e. The van der Waals surface area contributed by atoms with Gasteiger partial charge in [-0.25, -0.2) is 0 Å². The first-order valence-electron chi connectivity index (χ1n) is 6.26. The van der Waals surface area contributed by atoms with Crippen molar-refractivity contribution in [3.05, 3.63) is 32.7 Å². The highest BCUT2D eigenvalue weighted by Gasteiger charge is 2.25. The molecule has 0 aliphatic rings. The highest BCUT2D eigenvalue weighted by atomic mass is 79.9. The number of carbonyl (C=O) groups excluding carboxylic acids is 1. The van der Waals surface area contributed by atoms with E-state index in [9.17, 15) is 4.79 Å². The number of carbonyl (C=O) groups is 1. The van der Waals surface area contributed by atoms with E-state index in [1.54, 1.807) is 0 Å². The molecule has 0 saturated heterocycles. The van der Waals surface area contributed by atoms with Crippen LogP contribution in [0.5, 0.6) is 0 Å². The van der Waals surface area contributed by atoms with Gasteiger partial charge in [0.25, 0.3) is 5.91 Å². The van der Waals surface area contributed by atoms with Crippen LogP contribution in [0.1, 0.15) is 37.0 Å². The summed E-state index contributed by atoms with van der Waals surface area (Å²) < 4.78 is 1.90. The molecule has 1 aromatic rings. The highest BCUT2D eigenvalue weighted by molar-refractivity contribution is 9.11. The Hall–Kier alpha value is -0.000000000000000111. The first-order valence-corrected chi connectivity index (χ1v) is 9.07.